The Morgan fingerprint density at radius 3 is 2.40 bits per heavy atom. The lowest BCUT2D eigenvalue weighted by Crippen LogP contribution is -2.37. The number of unbranched alkanes of at least 4 members (excludes halogenated alkanes) is 2. The fraction of sp³-hybridized carbons (Fsp3) is 0.615. The number of nitrogens with one attached hydrogen (secondary N) is 1. The first-order valence-corrected chi connectivity index (χ1v) is 12.6. The number of aromatic hydroxyl groups is 1. The molecule has 2 N–H and O–H groups in total. The number of hydrogen-bond donors (Lipinski definition) is 3. The minimum Gasteiger partial charge on any atom is -0.506 e. The minimum atomic E-state index is 0.331. The zero-order chi connectivity index (χ0) is 22.0. The van der Waals surface area contributed by atoms with E-state index in [4.69, 9.17) is 0 Å². The first kappa shape index (κ1) is 26.6. The summed E-state index contributed by atoms with van der Waals surface area (Å²) in [5.74, 6) is 2.14. The summed E-state index contributed by atoms with van der Waals surface area (Å²) in [6, 6.07) is 7.43. The Morgan fingerprint density at radius 2 is 1.83 bits per heavy atom. The lowest BCUT2D eigenvalue weighted by atomic mass is 9.86. The highest BCUT2D eigenvalue weighted by Gasteiger charge is 2.21. The van der Waals surface area contributed by atoms with Gasteiger partial charge < -0.3 is 15.3 Å². The van der Waals surface area contributed by atoms with Crippen LogP contribution >= 0.6 is 12.6 Å². The number of hydrogen-bond acceptors (Lipinski definition) is 4. The van der Waals surface area contributed by atoms with E-state index in [1.807, 2.05) is 32.0 Å². The number of phenols is 1. The van der Waals surface area contributed by atoms with Gasteiger partial charge >= 0.3 is 0 Å². The number of phenolic OH excluding ortho intramolecular Hbond substituents is 1. The van der Waals surface area contributed by atoms with E-state index in [1.165, 1.54) is 58.0 Å². The fourth-order valence-electron chi connectivity index (χ4n) is 3.76. The summed E-state index contributed by atoms with van der Waals surface area (Å²) < 4.78 is 0. The fourth-order valence-corrected chi connectivity index (χ4v) is 3.98. The molecule has 1 saturated heterocycles. The van der Waals surface area contributed by atoms with Crippen molar-refractivity contribution < 1.29 is 5.11 Å². The molecule has 0 radical (unpaired) electrons. The number of rotatable bonds is 8. The lowest BCUT2D eigenvalue weighted by Gasteiger charge is -2.33. The Morgan fingerprint density at radius 1 is 1.10 bits per heavy atom. The number of para-hydroxylation sites is 2. The van der Waals surface area contributed by atoms with Crippen LogP contribution in [0.15, 0.2) is 48.1 Å². The third-order valence-corrected chi connectivity index (χ3v) is 5.81. The number of likely N-dealkylation sites (tertiary alicyclic amines) is 1. The van der Waals surface area contributed by atoms with E-state index in [9.17, 15) is 5.11 Å². The molecular formula is C26H44N2OS. The highest BCUT2D eigenvalue weighted by Crippen LogP contribution is 2.28. The van der Waals surface area contributed by atoms with Gasteiger partial charge in [-0.15, -0.1) is 0 Å². The summed E-state index contributed by atoms with van der Waals surface area (Å²) in [5, 5.41) is 13.1. The predicted molar refractivity (Wildman–Crippen MR) is 137 cm³/mol. The minimum absolute atomic E-state index is 0.331. The van der Waals surface area contributed by atoms with E-state index in [0.717, 1.165) is 30.4 Å². The molecule has 0 aromatic heterocycles. The third-order valence-electron chi connectivity index (χ3n) is 5.49. The zero-order valence-corrected chi connectivity index (χ0v) is 20.3. The Bertz CT molecular complexity index is 603. The number of piperidine rings is 1. The van der Waals surface area contributed by atoms with Crippen molar-refractivity contribution in [3.8, 4) is 5.75 Å². The molecule has 170 valence electrons. The molecule has 1 aromatic rings. The molecule has 1 aliphatic carbocycles. The van der Waals surface area contributed by atoms with Gasteiger partial charge in [-0.25, -0.2) is 0 Å². The first-order chi connectivity index (χ1) is 14.7. The number of thiol groups is 1. The van der Waals surface area contributed by atoms with Crippen LogP contribution < -0.4 is 5.32 Å². The highest BCUT2D eigenvalue weighted by atomic mass is 32.1. The van der Waals surface area contributed by atoms with E-state index in [-0.39, 0.29) is 0 Å². The van der Waals surface area contributed by atoms with Gasteiger partial charge in [0.05, 0.1) is 5.69 Å². The zero-order valence-electron chi connectivity index (χ0n) is 19.4. The highest BCUT2D eigenvalue weighted by molar-refractivity contribution is 7.80. The second-order valence-electron chi connectivity index (χ2n) is 7.67. The van der Waals surface area contributed by atoms with Gasteiger partial charge in [0.1, 0.15) is 5.75 Å². The van der Waals surface area contributed by atoms with Crippen LogP contribution in [0, 0.1) is 5.92 Å². The van der Waals surface area contributed by atoms with E-state index >= 15 is 0 Å². The molecule has 3 nitrogen and oxygen atoms in total. The molecule has 1 fully saturated rings. The molecule has 30 heavy (non-hydrogen) atoms. The number of nitrogens with zero attached hydrogens (tertiary/aromatic N) is 1. The van der Waals surface area contributed by atoms with Crippen LogP contribution in [0.2, 0.25) is 0 Å². The molecule has 0 spiro atoms. The summed E-state index contributed by atoms with van der Waals surface area (Å²) in [4.78, 5) is 2.52. The maximum absolute atomic E-state index is 9.74. The van der Waals surface area contributed by atoms with Crippen molar-refractivity contribution in [3.05, 3.63) is 48.1 Å². The lowest BCUT2D eigenvalue weighted by molar-refractivity contribution is 0.206. The maximum atomic E-state index is 9.74. The standard InChI is InChI=1S/C19H26N2O.C5H12S.C2H6/c22-19-9-5-4-8-18(19)20-12-15-21-13-10-17(11-14-21)16-6-2-1-3-7-16;1-2-3-4-5-6;1-2/h2,4-9,17,20,22H,1,3,10-15H2;6H,2-5H2,1H3;1-2H3. The van der Waals surface area contributed by atoms with Crippen LogP contribution in [-0.4, -0.2) is 41.9 Å². The molecular weight excluding hydrogens is 388 g/mol. The quantitative estimate of drug-likeness (QED) is 0.237. The van der Waals surface area contributed by atoms with Crippen molar-refractivity contribution in [3.63, 3.8) is 0 Å². The average molecular weight is 433 g/mol. The molecule has 0 bridgehead atoms. The third kappa shape index (κ3) is 10.6. The van der Waals surface area contributed by atoms with Crippen LogP contribution in [0.4, 0.5) is 5.69 Å². The first-order valence-electron chi connectivity index (χ1n) is 12.0. The van der Waals surface area contributed by atoms with Crippen LogP contribution in [0.25, 0.3) is 0 Å². The van der Waals surface area contributed by atoms with Gasteiger partial charge in [-0.2, -0.15) is 12.6 Å². The van der Waals surface area contributed by atoms with Gasteiger partial charge in [0.25, 0.3) is 0 Å². The van der Waals surface area contributed by atoms with Gasteiger partial charge in [0.15, 0.2) is 0 Å². The van der Waals surface area contributed by atoms with Crippen molar-refractivity contribution in [2.75, 3.05) is 37.2 Å². The Kier molecular flexibility index (Phi) is 15.4. The predicted octanol–water partition coefficient (Wildman–Crippen LogP) is 6.93. The van der Waals surface area contributed by atoms with Crippen LogP contribution in [-0.2, 0) is 0 Å². The Labute approximate surface area is 191 Å². The molecule has 1 aliphatic heterocycles. The molecule has 0 unspecified atom stereocenters. The largest absolute Gasteiger partial charge is 0.506 e. The average Bonchev–Trinajstić information content (AvgIpc) is 2.82. The maximum Gasteiger partial charge on any atom is 0.138 e. The molecule has 0 saturated carbocycles. The summed E-state index contributed by atoms with van der Waals surface area (Å²) in [5.41, 5.74) is 2.40. The van der Waals surface area contributed by atoms with Gasteiger partial charge in [0.2, 0.25) is 0 Å². The molecule has 4 heteroatoms. The van der Waals surface area contributed by atoms with Crippen molar-refractivity contribution in [2.24, 2.45) is 5.92 Å². The monoisotopic (exact) mass is 432 g/mol. The van der Waals surface area contributed by atoms with E-state index in [0.29, 0.717) is 5.75 Å². The summed E-state index contributed by atoms with van der Waals surface area (Å²) in [6.07, 6.45) is 16.0. The van der Waals surface area contributed by atoms with Crippen molar-refractivity contribution in [2.45, 2.75) is 65.7 Å². The molecule has 3 rings (SSSR count). The number of benzene rings is 1. The van der Waals surface area contributed by atoms with Crippen molar-refractivity contribution >= 4 is 18.3 Å². The van der Waals surface area contributed by atoms with Gasteiger partial charge in [-0.05, 0) is 74.6 Å². The second-order valence-corrected chi connectivity index (χ2v) is 8.12. The summed E-state index contributed by atoms with van der Waals surface area (Å²) in [7, 11) is 0. The van der Waals surface area contributed by atoms with E-state index < -0.39 is 0 Å². The second kappa shape index (κ2) is 17.3. The van der Waals surface area contributed by atoms with E-state index in [1.54, 1.807) is 11.6 Å². The SMILES string of the molecule is CC.CCCCCS.Oc1ccccc1NCCN1CCC(C2=CCCC=C2)CC1. The molecule has 0 atom stereocenters. The van der Waals surface area contributed by atoms with Gasteiger partial charge in [-0.1, -0.05) is 64.0 Å². The normalized spacial score (nSPS) is 16.6. The topological polar surface area (TPSA) is 35.5 Å². The molecule has 1 aromatic carbocycles. The summed E-state index contributed by atoms with van der Waals surface area (Å²) in [6.45, 7) is 10.5. The van der Waals surface area contributed by atoms with Gasteiger partial charge in [0, 0.05) is 13.1 Å². The molecule has 0 amide bonds. The van der Waals surface area contributed by atoms with Crippen molar-refractivity contribution in [1.29, 1.82) is 0 Å². The van der Waals surface area contributed by atoms with Crippen LogP contribution in [0.1, 0.15) is 65.7 Å². The molecule has 1 heterocycles. The number of allylic oxidation sites excluding steroid dienone is 4. The van der Waals surface area contributed by atoms with Gasteiger partial charge in [-0.3, -0.25) is 0 Å². The number of anilines is 1. The summed E-state index contributed by atoms with van der Waals surface area (Å²) >= 11 is 4.05. The Balaban J connectivity index is 0.000000487. The molecule has 2 aliphatic rings. The van der Waals surface area contributed by atoms with Crippen molar-refractivity contribution in [1.82, 2.24) is 4.90 Å². The Hall–Kier alpha value is -1.39. The smallest absolute Gasteiger partial charge is 0.138 e. The van der Waals surface area contributed by atoms with Crippen LogP contribution in [0.3, 0.4) is 0 Å². The van der Waals surface area contributed by atoms with E-state index in [2.05, 4.69) is 48.0 Å². The van der Waals surface area contributed by atoms with Crippen LogP contribution in [0.5, 0.6) is 5.75 Å².